The summed E-state index contributed by atoms with van der Waals surface area (Å²) in [4.78, 5) is 4.16. The number of hydrogen-bond donors (Lipinski definition) is 1. The lowest BCUT2D eigenvalue weighted by molar-refractivity contribution is 0.141. The van der Waals surface area contributed by atoms with Crippen LogP contribution in [-0.2, 0) is 17.8 Å². The average molecular weight is 211 g/mol. The number of aryl methyl sites for hydroxylation is 1. The van der Waals surface area contributed by atoms with Crippen molar-refractivity contribution in [3.8, 4) is 0 Å². The van der Waals surface area contributed by atoms with Crippen LogP contribution >= 0.6 is 0 Å². The fourth-order valence-electron chi connectivity index (χ4n) is 1.43. The van der Waals surface area contributed by atoms with Gasteiger partial charge in [-0.3, -0.25) is 0 Å². The molecule has 0 aliphatic heterocycles. The third-order valence-electron chi connectivity index (χ3n) is 2.25. The van der Waals surface area contributed by atoms with E-state index in [1.165, 1.54) is 5.69 Å². The molecule has 0 aliphatic rings. The lowest BCUT2D eigenvalue weighted by Gasteiger charge is -2.08. The van der Waals surface area contributed by atoms with Crippen LogP contribution in [0.5, 0.6) is 0 Å². The van der Waals surface area contributed by atoms with Crippen molar-refractivity contribution in [2.24, 2.45) is 0 Å². The van der Waals surface area contributed by atoms with Gasteiger partial charge in [0.15, 0.2) is 0 Å². The van der Waals surface area contributed by atoms with E-state index in [4.69, 9.17) is 4.74 Å². The van der Waals surface area contributed by atoms with Gasteiger partial charge in [0.2, 0.25) is 0 Å². The van der Waals surface area contributed by atoms with Crippen LogP contribution in [0.3, 0.4) is 0 Å². The van der Waals surface area contributed by atoms with Gasteiger partial charge in [-0.25, -0.2) is 4.98 Å². The molecule has 0 fully saturated rings. The topological polar surface area (TPSA) is 39.1 Å². The third kappa shape index (κ3) is 4.44. The van der Waals surface area contributed by atoms with Crippen LogP contribution in [-0.4, -0.2) is 29.3 Å². The number of nitrogens with one attached hydrogen (secondary N) is 1. The normalized spacial score (nSPS) is 10.8. The molecular formula is C11H21N3O. The van der Waals surface area contributed by atoms with Crippen LogP contribution in [0.4, 0.5) is 0 Å². The molecule has 0 amide bonds. The van der Waals surface area contributed by atoms with Crippen molar-refractivity contribution in [2.75, 3.05) is 19.8 Å². The minimum absolute atomic E-state index is 0.800. The summed E-state index contributed by atoms with van der Waals surface area (Å²) in [6, 6.07) is 0. The molecule has 1 aromatic heterocycles. The smallest absolute Gasteiger partial charge is 0.0948 e. The van der Waals surface area contributed by atoms with Crippen LogP contribution in [0.25, 0.3) is 0 Å². The van der Waals surface area contributed by atoms with Crippen LogP contribution in [0.2, 0.25) is 0 Å². The Balaban J connectivity index is 2.29. The number of hydrogen-bond acceptors (Lipinski definition) is 3. The molecule has 4 heteroatoms. The summed E-state index contributed by atoms with van der Waals surface area (Å²) >= 11 is 0. The molecule has 0 aromatic carbocycles. The van der Waals surface area contributed by atoms with Crippen molar-refractivity contribution < 1.29 is 4.74 Å². The summed E-state index contributed by atoms with van der Waals surface area (Å²) in [5, 5.41) is 3.30. The van der Waals surface area contributed by atoms with Gasteiger partial charge in [-0.15, -0.1) is 0 Å². The first kappa shape index (κ1) is 12.2. The van der Waals surface area contributed by atoms with E-state index in [0.717, 1.165) is 39.3 Å². The van der Waals surface area contributed by atoms with E-state index in [0.29, 0.717) is 0 Å². The van der Waals surface area contributed by atoms with Gasteiger partial charge in [-0.2, -0.15) is 0 Å². The van der Waals surface area contributed by atoms with Gasteiger partial charge in [0.05, 0.1) is 12.0 Å². The minimum atomic E-state index is 0.800. The molecule has 1 aromatic rings. The first-order chi connectivity index (χ1) is 7.38. The highest BCUT2D eigenvalue weighted by Crippen LogP contribution is 2.00. The molecule has 0 unspecified atom stereocenters. The molecule has 0 bridgehead atoms. The van der Waals surface area contributed by atoms with Crippen molar-refractivity contribution in [3.63, 3.8) is 0 Å². The Kier molecular flexibility index (Phi) is 6.04. The lowest BCUT2D eigenvalue weighted by Crippen LogP contribution is -2.15. The Morgan fingerprint density at radius 2 is 2.33 bits per heavy atom. The summed E-state index contributed by atoms with van der Waals surface area (Å²) in [6.07, 6.45) is 4.85. The number of rotatable bonds is 8. The molecule has 0 radical (unpaired) electrons. The van der Waals surface area contributed by atoms with Gasteiger partial charge in [0.1, 0.15) is 0 Å². The highest BCUT2D eigenvalue weighted by Gasteiger charge is 2.00. The highest BCUT2D eigenvalue weighted by atomic mass is 16.5. The van der Waals surface area contributed by atoms with Crippen molar-refractivity contribution in [3.05, 3.63) is 18.2 Å². The Hall–Kier alpha value is -0.870. The number of nitrogens with zero attached hydrogens (tertiary/aromatic N) is 2. The summed E-state index contributed by atoms with van der Waals surface area (Å²) in [6.45, 7) is 8.63. The van der Waals surface area contributed by atoms with Gasteiger partial charge in [0.25, 0.3) is 0 Å². The van der Waals surface area contributed by atoms with Gasteiger partial charge in [0, 0.05) is 32.5 Å². The van der Waals surface area contributed by atoms with Crippen molar-refractivity contribution >= 4 is 0 Å². The van der Waals surface area contributed by atoms with E-state index in [-0.39, 0.29) is 0 Å². The highest BCUT2D eigenvalue weighted by molar-refractivity contribution is 4.97. The van der Waals surface area contributed by atoms with E-state index < -0.39 is 0 Å². The molecule has 1 heterocycles. The van der Waals surface area contributed by atoms with Crippen LogP contribution in [0.15, 0.2) is 12.5 Å². The van der Waals surface area contributed by atoms with Crippen LogP contribution < -0.4 is 5.32 Å². The SMILES string of the molecule is CCNCc1cncn1CCCOCC. The van der Waals surface area contributed by atoms with E-state index in [2.05, 4.69) is 21.8 Å². The van der Waals surface area contributed by atoms with Crippen LogP contribution in [0, 0.1) is 0 Å². The number of imidazole rings is 1. The third-order valence-corrected chi connectivity index (χ3v) is 2.25. The molecule has 0 saturated carbocycles. The van der Waals surface area contributed by atoms with Gasteiger partial charge < -0.3 is 14.6 Å². The number of ether oxygens (including phenoxy) is 1. The second-order valence-electron chi connectivity index (χ2n) is 3.41. The average Bonchev–Trinajstić information content (AvgIpc) is 2.69. The van der Waals surface area contributed by atoms with Gasteiger partial charge in [-0.05, 0) is 19.9 Å². The van der Waals surface area contributed by atoms with E-state index in [1.807, 2.05) is 19.4 Å². The van der Waals surface area contributed by atoms with Crippen LogP contribution in [0.1, 0.15) is 26.0 Å². The monoisotopic (exact) mass is 211 g/mol. The standard InChI is InChI=1S/C11H21N3O/c1-3-12-8-11-9-13-10-14(11)6-5-7-15-4-2/h9-10,12H,3-8H2,1-2H3. The van der Waals surface area contributed by atoms with Gasteiger partial charge in [-0.1, -0.05) is 6.92 Å². The largest absolute Gasteiger partial charge is 0.382 e. The Morgan fingerprint density at radius 1 is 1.47 bits per heavy atom. The molecule has 0 aliphatic carbocycles. The van der Waals surface area contributed by atoms with E-state index >= 15 is 0 Å². The molecule has 0 spiro atoms. The molecule has 15 heavy (non-hydrogen) atoms. The quantitative estimate of drug-likeness (QED) is 0.661. The fourth-order valence-corrected chi connectivity index (χ4v) is 1.43. The molecule has 1 rings (SSSR count). The summed E-state index contributed by atoms with van der Waals surface area (Å²) in [5.74, 6) is 0. The molecule has 0 atom stereocenters. The fraction of sp³-hybridized carbons (Fsp3) is 0.727. The zero-order valence-electron chi connectivity index (χ0n) is 9.70. The zero-order valence-corrected chi connectivity index (χ0v) is 9.70. The molecule has 0 saturated heterocycles. The zero-order chi connectivity index (χ0) is 10.9. The maximum absolute atomic E-state index is 5.30. The molecule has 1 N–H and O–H groups in total. The predicted molar refractivity (Wildman–Crippen MR) is 60.7 cm³/mol. The molecule has 4 nitrogen and oxygen atoms in total. The Labute approximate surface area is 91.7 Å². The summed E-state index contributed by atoms with van der Waals surface area (Å²) in [7, 11) is 0. The minimum Gasteiger partial charge on any atom is -0.382 e. The van der Waals surface area contributed by atoms with E-state index in [9.17, 15) is 0 Å². The predicted octanol–water partition coefficient (Wildman–Crippen LogP) is 1.42. The van der Waals surface area contributed by atoms with Crippen molar-refractivity contribution in [1.82, 2.24) is 14.9 Å². The Bertz CT molecular complexity index is 260. The second kappa shape index (κ2) is 7.43. The maximum atomic E-state index is 5.30. The first-order valence-corrected chi connectivity index (χ1v) is 5.66. The number of aromatic nitrogens is 2. The molecule has 86 valence electrons. The van der Waals surface area contributed by atoms with Crippen molar-refractivity contribution in [2.45, 2.75) is 33.4 Å². The maximum Gasteiger partial charge on any atom is 0.0948 e. The van der Waals surface area contributed by atoms with Gasteiger partial charge >= 0.3 is 0 Å². The summed E-state index contributed by atoms with van der Waals surface area (Å²) in [5.41, 5.74) is 1.24. The molecular weight excluding hydrogens is 190 g/mol. The summed E-state index contributed by atoms with van der Waals surface area (Å²) < 4.78 is 7.49. The van der Waals surface area contributed by atoms with E-state index in [1.54, 1.807) is 0 Å². The van der Waals surface area contributed by atoms with Crippen molar-refractivity contribution in [1.29, 1.82) is 0 Å². The Morgan fingerprint density at radius 3 is 3.07 bits per heavy atom. The lowest BCUT2D eigenvalue weighted by atomic mass is 10.4. The second-order valence-corrected chi connectivity index (χ2v) is 3.41. The first-order valence-electron chi connectivity index (χ1n) is 5.66.